The maximum Gasteiger partial charge on any atom is 0.165 e. The largest absolute Gasteiger partial charge is 0.382 e. The van der Waals surface area contributed by atoms with E-state index in [0.717, 1.165) is 18.0 Å². The molecule has 0 heterocycles. The molecule has 0 saturated heterocycles. The van der Waals surface area contributed by atoms with Crippen molar-refractivity contribution in [3.05, 3.63) is 28.5 Å². The van der Waals surface area contributed by atoms with Crippen molar-refractivity contribution in [2.45, 2.75) is 19.8 Å². The van der Waals surface area contributed by atoms with Gasteiger partial charge < -0.3 is 5.32 Å². The van der Waals surface area contributed by atoms with Gasteiger partial charge in [0.25, 0.3) is 0 Å². The zero-order valence-corrected chi connectivity index (χ0v) is 8.87. The third-order valence-electron chi connectivity index (χ3n) is 2.55. The maximum absolute atomic E-state index is 13.5. The van der Waals surface area contributed by atoms with Crippen LogP contribution in [0.15, 0.2) is 12.1 Å². The van der Waals surface area contributed by atoms with Gasteiger partial charge >= 0.3 is 0 Å². The number of hydrogen-bond acceptors (Lipinski definition) is 1. The summed E-state index contributed by atoms with van der Waals surface area (Å²) in [5, 5.41) is 3.31. The highest BCUT2D eigenvalue weighted by atomic mass is 35.5. The lowest BCUT2D eigenvalue weighted by molar-refractivity contribution is 0.628. The van der Waals surface area contributed by atoms with Crippen molar-refractivity contribution < 1.29 is 4.39 Å². The average molecular weight is 214 g/mol. The van der Waals surface area contributed by atoms with Crippen LogP contribution in [0.2, 0.25) is 5.02 Å². The molecule has 14 heavy (non-hydrogen) atoms. The van der Waals surface area contributed by atoms with Crippen LogP contribution in [0.1, 0.15) is 18.4 Å². The third kappa shape index (κ3) is 2.01. The van der Waals surface area contributed by atoms with E-state index < -0.39 is 0 Å². The van der Waals surface area contributed by atoms with Gasteiger partial charge in [-0.05, 0) is 37.3 Å². The SMILES string of the molecule is Cc1ccc(NCC2CC2)c(F)c1Cl. The molecule has 0 atom stereocenters. The summed E-state index contributed by atoms with van der Waals surface area (Å²) in [5.41, 5.74) is 1.30. The Labute approximate surface area is 88.3 Å². The molecule has 0 amide bonds. The Hall–Kier alpha value is -0.760. The molecule has 3 heteroatoms. The molecule has 0 unspecified atom stereocenters. The van der Waals surface area contributed by atoms with Crippen molar-refractivity contribution >= 4 is 17.3 Å². The lowest BCUT2D eigenvalue weighted by Crippen LogP contribution is -2.05. The number of halogens is 2. The second kappa shape index (κ2) is 3.77. The van der Waals surface area contributed by atoms with Gasteiger partial charge in [0.05, 0.1) is 10.7 Å². The van der Waals surface area contributed by atoms with Gasteiger partial charge in [-0.25, -0.2) is 4.39 Å². The van der Waals surface area contributed by atoms with Crippen LogP contribution in [-0.4, -0.2) is 6.54 Å². The van der Waals surface area contributed by atoms with Gasteiger partial charge in [0.1, 0.15) is 0 Å². The van der Waals surface area contributed by atoms with Crippen LogP contribution >= 0.6 is 11.6 Å². The van der Waals surface area contributed by atoms with Crippen LogP contribution in [0.4, 0.5) is 10.1 Å². The van der Waals surface area contributed by atoms with Crippen molar-refractivity contribution in [1.82, 2.24) is 0 Å². The molecule has 1 aromatic carbocycles. The van der Waals surface area contributed by atoms with Gasteiger partial charge in [0.15, 0.2) is 5.82 Å². The molecule has 1 N–H and O–H groups in total. The van der Waals surface area contributed by atoms with E-state index in [4.69, 9.17) is 11.6 Å². The van der Waals surface area contributed by atoms with E-state index in [-0.39, 0.29) is 10.8 Å². The van der Waals surface area contributed by atoms with E-state index in [1.165, 1.54) is 12.8 Å². The summed E-state index contributed by atoms with van der Waals surface area (Å²) in [4.78, 5) is 0. The van der Waals surface area contributed by atoms with Crippen LogP contribution in [0.5, 0.6) is 0 Å². The summed E-state index contributed by atoms with van der Waals surface area (Å²) in [6.07, 6.45) is 2.52. The summed E-state index contributed by atoms with van der Waals surface area (Å²) < 4.78 is 13.5. The highest BCUT2D eigenvalue weighted by Gasteiger charge is 2.21. The first-order chi connectivity index (χ1) is 6.68. The van der Waals surface area contributed by atoms with Gasteiger partial charge in [0.2, 0.25) is 0 Å². The highest BCUT2D eigenvalue weighted by Crippen LogP contribution is 2.31. The zero-order chi connectivity index (χ0) is 10.1. The van der Waals surface area contributed by atoms with E-state index in [1.807, 2.05) is 6.07 Å². The van der Waals surface area contributed by atoms with Crippen LogP contribution < -0.4 is 5.32 Å². The van der Waals surface area contributed by atoms with E-state index in [9.17, 15) is 4.39 Å². The van der Waals surface area contributed by atoms with E-state index >= 15 is 0 Å². The Kier molecular flexibility index (Phi) is 2.64. The second-order valence-corrected chi connectivity index (χ2v) is 4.26. The summed E-state index contributed by atoms with van der Waals surface area (Å²) in [7, 11) is 0. The summed E-state index contributed by atoms with van der Waals surface area (Å²) in [6.45, 7) is 2.66. The molecule has 1 nitrogen and oxygen atoms in total. The van der Waals surface area contributed by atoms with Gasteiger partial charge in [0, 0.05) is 6.54 Å². The molecule has 0 aliphatic heterocycles. The fraction of sp³-hybridized carbons (Fsp3) is 0.455. The highest BCUT2D eigenvalue weighted by molar-refractivity contribution is 6.31. The fourth-order valence-electron chi connectivity index (χ4n) is 1.36. The summed E-state index contributed by atoms with van der Waals surface area (Å²) in [6, 6.07) is 3.58. The van der Waals surface area contributed by atoms with Crippen LogP contribution in [0, 0.1) is 18.7 Å². The maximum atomic E-state index is 13.5. The predicted molar refractivity (Wildman–Crippen MR) is 57.4 cm³/mol. The molecule has 1 aliphatic rings. The van der Waals surface area contributed by atoms with Crippen molar-refractivity contribution in [3.63, 3.8) is 0 Å². The van der Waals surface area contributed by atoms with Gasteiger partial charge in [-0.15, -0.1) is 0 Å². The van der Waals surface area contributed by atoms with Gasteiger partial charge in [-0.3, -0.25) is 0 Å². The van der Waals surface area contributed by atoms with Crippen LogP contribution in [0.25, 0.3) is 0 Å². The van der Waals surface area contributed by atoms with E-state index in [1.54, 1.807) is 13.0 Å². The van der Waals surface area contributed by atoms with E-state index in [0.29, 0.717) is 5.69 Å². The molecule has 0 aromatic heterocycles. The molecule has 1 saturated carbocycles. The number of nitrogens with one attached hydrogen (secondary N) is 1. The molecule has 0 radical (unpaired) electrons. The molecule has 1 aliphatic carbocycles. The Morgan fingerprint density at radius 3 is 2.86 bits per heavy atom. The zero-order valence-electron chi connectivity index (χ0n) is 8.11. The molecule has 2 rings (SSSR count). The molecule has 1 fully saturated rings. The van der Waals surface area contributed by atoms with Gasteiger partial charge in [-0.2, -0.15) is 0 Å². The molecule has 76 valence electrons. The molecule has 0 spiro atoms. The number of rotatable bonds is 3. The summed E-state index contributed by atoms with van der Waals surface area (Å²) >= 11 is 5.80. The second-order valence-electron chi connectivity index (χ2n) is 3.88. The first-order valence-corrected chi connectivity index (χ1v) is 5.24. The number of anilines is 1. The van der Waals surface area contributed by atoms with Gasteiger partial charge in [-0.1, -0.05) is 17.7 Å². The van der Waals surface area contributed by atoms with Crippen molar-refractivity contribution in [2.75, 3.05) is 11.9 Å². The quantitative estimate of drug-likeness (QED) is 0.809. The standard InChI is InChI=1S/C11H13ClFN/c1-7-2-5-9(11(13)10(7)12)14-6-8-3-4-8/h2,5,8,14H,3-4,6H2,1H3. The minimum absolute atomic E-state index is 0.228. The molecule has 1 aromatic rings. The monoisotopic (exact) mass is 213 g/mol. The minimum Gasteiger partial charge on any atom is -0.382 e. The minimum atomic E-state index is -0.327. The van der Waals surface area contributed by atoms with Crippen molar-refractivity contribution in [3.8, 4) is 0 Å². The number of benzene rings is 1. The predicted octanol–water partition coefficient (Wildman–Crippen LogP) is 3.61. The molecular formula is C11H13ClFN. The first kappa shape index (κ1) is 9.78. The topological polar surface area (TPSA) is 12.0 Å². The van der Waals surface area contributed by atoms with Crippen molar-refractivity contribution in [1.29, 1.82) is 0 Å². The Bertz CT molecular complexity index is 347. The Morgan fingerprint density at radius 2 is 2.21 bits per heavy atom. The van der Waals surface area contributed by atoms with Crippen LogP contribution in [-0.2, 0) is 0 Å². The third-order valence-corrected chi connectivity index (χ3v) is 3.02. The Balaban J connectivity index is 2.11. The Morgan fingerprint density at radius 1 is 1.50 bits per heavy atom. The molecular weight excluding hydrogens is 201 g/mol. The molecule has 0 bridgehead atoms. The average Bonchev–Trinajstić information content (AvgIpc) is 2.97. The van der Waals surface area contributed by atoms with E-state index in [2.05, 4.69) is 5.32 Å². The smallest absolute Gasteiger partial charge is 0.165 e. The lowest BCUT2D eigenvalue weighted by Gasteiger charge is -2.08. The lowest BCUT2D eigenvalue weighted by atomic mass is 10.2. The fourth-order valence-corrected chi connectivity index (χ4v) is 1.52. The summed E-state index contributed by atoms with van der Waals surface area (Å²) in [5.74, 6) is 0.404. The number of hydrogen-bond donors (Lipinski definition) is 1. The first-order valence-electron chi connectivity index (χ1n) is 4.87. The van der Waals surface area contributed by atoms with Crippen LogP contribution in [0.3, 0.4) is 0 Å². The van der Waals surface area contributed by atoms with Crippen molar-refractivity contribution in [2.24, 2.45) is 5.92 Å². The normalized spacial score (nSPS) is 15.6. The number of aryl methyl sites for hydroxylation is 1.